The van der Waals surface area contributed by atoms with Gasteiger partial charge in [0.2, 0.25) is 0 Å². The molecule has 0 aliphatic carbocycles. The van der Waals surface area contributed by atoms with Crippen LogP contribution in [0.5, 0.6) is 0 Å². The molecule has 0 aliphatic rings. The summed E-state index contributed by atoms with van der Waals surface area (Å²) in [6.07, 6.45) is 2.31. The van der Waals surface area contributed by atoms with E-state index in [2.05, 4.69) is 10.3 Å². The van der Waals surface area contributed by atoms with Gasteiger partial charge in [0.05, 0.1) is 6.61 Å². The fraction of sp³-hybridized carbons (Fsp3) is 0.200. The Balaban J connectivity index is 2.28. The molecule has 0 atom stereocenters. The van der Waals surface area contributed by atoms with Gasteiger partial charge < -0.3 is 15.2 Å². The molecule has 0 saturated carbocycles. The van der Waals surface area contributed by atoms with Crippen molar-refractivity contribution in [3.8, 4) is 0 Å². The van der Waals surface area contributed by atoms with E-state index in [1.54, 1.807) is 19.4 Å². The first-order chi connectivity index (χ1) is 9.72. The number of hydrogen-bond acceptors (Lipinski definition) is 4. The highest BCUT2D eigenvalue weighted by atomic mass is 16.5. The minimum Gasteiger partial charge on any atom is -0.478 e. The molecule has 2 aromatic rings. The number of para-hydroxylation sites is 1. The number of carboxylic acid groups (broad SMARTS) is 1. The van der Waals surface area contributed by atoms with E-state index in [0.29, 0.717) is 12.4 Å². The third-order valence-electron chi connectivity index (χ3n) is 2.88. The van der Waals surface area contributed by atoms with Crippen LogP contribution in [-0.2, 0) is 11.2 Å². The molecule has 2 N–H and O–H groups in total. The average Bonchev–Trinajstić information content (AvgIpc) is 2.47. The van der Waals surface area contributed by atoms with Crippen LogP contribution in [0.2, 0.25) is 0 Å². The normalized spacial score (nSPS) is 10.2. The first-order valence-electron chi connectivity index (χ1n) is 6.24. The number of aromatic carboxylic acids is 1. The van der Waals surface area contributed by atoms with Crippen molar-refractivity contribution in [1.29, 1.82) is 0 Å². The molecule has 2 rings (SSSR count). The number of pyridine rings is 1. The van der Waals surface area contributed by atoms with Gasteiger partial charge in [0, 0.05) is 19.0 Å². The van der Waals surface area contributed by atoms with Crippen molar-refractivity contribution in [3.05, 3.63) is 53.7 Å². The van der Waals surface area contributed by atoms with Gasteiger partial charge >= 0.3 is 5.97 Å². The van der Waals surface area contributed by atoms with Gasteiger partial charge in [-0.3, -0.25) is 0 Å². The maximum Gasteiger partial charge on any atom is 0.339 e. The first-order valence-corrected chi connectivity index (χ1v) is 6.24. The van der Waals surface area contributed by atoms with Crippen LogP contribution in [0.15, 0.2) is 42.6 Å². The maximum absolute atomic E-state index is 11.2. The Morgan fingerprint density at radius 2 is 2.10 bits per heavy atom. The lowest BCUT2D eigenvalue weighted by molar-refractivity contribution is 0.0697. The Bertz CT molecular complexity index is 599. The number of nitrogens with zero attached hydrogens (tertiary/aromatic N) is 1. The average molecular weight is 272 g/mol. The molecule has 5 heteroatoms. The quantitative estimate of drug-likeness (QED) is 0.846. The van der Waals surface area contributed by atoms with Crippen molar-refractivity contribution in [2.45, 2.75) is 6.42 Å². The second-order valence-electron chi connectivity index (χ2n) is 4.23. The molecule has 0 saturated heterocycles. The largest absolute Gasteiger partial charge is 0.478 e. The topological polar surface area (TPSA) is 71.5 Å². The van der Waals surface area contributed by atoms with Crippen molar-refractivity contribution < 1.29 is 14.6 Å². The molecule has 5 nitrogen and oxygen atoms in total. The van der Waals surface area contributed by atoms with E-state index in [1.807, 2.05) is 24.3 Å². The van der Waals surface area contributed by atoms with Gasteiger partial charge in [-0.2, -0.15) is 0 Å². The molecule has 0 unspecified atom stereocenters. The van der Waals surface area contributed by atoms with E-state index >= 15 is 0 Å². The number of nitrogens with one attached hydrogen (secondary N) is 1. The molecular weight excluding hydrogens is 256 g/mol. The summed E-state index contributed by atoms with van der Waals surface area (Å²) in [5.41, 5.74) is 2.04. The molecule has 0 spiro atoms. The summed E-state index contributed by atoms with van der Waals surface area (Å²) < 4.78 is 5.08. The predicted molar refractivity (Wildman–Crippen MR) is 76.5 cm³/mol. The number of ether oxygens (including phenoxy) is 1. The van der Waals surface area contributed by atoms with Crippen molar-refractivity contribution in [2.75, 3.05) is 19.0 Å². The lowest BCUT2D eigenvalue weighted by atomic mass is 10.1. The summed E-state index contributed by atoms with van der Waals surface area (Å²) in [6, 6.07) is 10.8. The fourth-order valence-electron chi connectivity index (χ4n) is 1.88. The molecule has 0 aliphatic heterocycles. The first kappa shape index (κ1) is 14.0. The summed E-state index contributed by atoms with van der Waals surface area (Å²) in [7, 11) is 1.65. The summed E-state index contributed by atoms with van der Waals surface area (Å²) in [6.45, 7) is 0.604. The Kier molecular flexibility index (Phi) is 4.68. The summed E-state index contributed by atoms with van der Waals surface area (Å²) in [5.74, 6) is -0.667. The Morgan fingerprint density at radius 1 is 1.30 bits per heavy atom. The van der Waals surface area contributed by atoms with Crippen molar-refractivity contribution in [3.63, 3.8) is 0 Å². The van der Waals surface area contributed by atoms with Crippen LogP contribution in [-0.4, -0.2) is 29.8 Å². The SMILES string of the molecule is COCCc1ccccc1Nc1ncccc1C(=O)O. The van der Waals surface area contributed by atoms with Gasteiger partial charge in [-0.05, 0) is 30.2 Å². The highest BCUT2D eigenvalue weighted by Crippen LogP contribution is 2.22. The van der Waals surface area contributed by atoms with Crippen molar-refractivity contribution in [1.82, 2.24) is 4.98 Å². The number of anilines is 2. The van der Waals surface area contributed by atoms with Gasteiger partial charge in [-0.25, -0.2) is 9.78 Å². The van der Waals surface area contributed by atoms with Crippen molar-refractivity contribution in [2.24, 2.45) is 0 Å². The van der Waals surface area contributed by atoms with Crippen LogP contribution in [0.25, 0.3) is 0 Å². The zero-order valence-electron chi connectivity index (χ0n) is 11.2. The molecule has 1 heterocycles. The van der Waals surface area contributed by atoms with E-state index < -0.39 is 5.97 Å². The molecule has 1 aromatic carbocycles. The van der Waals surface area contributed by atoms with Crippen LogP contribution < -0.4 is 5.32 Å². The van der Waals surface area contributed by atoms with E-state index in [1.165, 1.54) is 6.07 Å². The standard InChI is InChI=1S/C15H16N2O3/c1-20-10-8-11-5-2-3-7-13(11)17-14-12(15(18)19)6-4-9-16-14/h2-7,9H,8,10H2,1H3,(H,16,17)(H,18,19). The van der Waals surface area contributed by atoms with Gasteiger partial charge in [0.25, 0.3) is 0 Å². The molecule has 0 amide bonds. The number of aromatic nitrogens is 1. The summed E-state index contributed by atoms with van der Waals surface area (Å²) in [5, 5.41) is 12.2. The molecule has 0 radical (unpaired) electrons. The zero-order chi connectivity index (χ0) is 14.4. The second-order valence-corrected chi connectivity index (χ2v) is 4.23. The smallest absolute Gasteiger partial charge is 0.339 e. The highest BCUT2D eigenvalue weighted by Gasteiger charge is 2.11. The van der Waals surface area contributed by atoms with E-state index in [9.17, 15) is 4.79 Å². The second kappa shape index (κ2) is 6.68. The zero-order valence-corrected chi connectivity index (χ0v) is 11.2. The Hall–Kier alpha value is -2.40. The third-order valence-corrected chi connectivity index (χ3v) is 2.88. The van der Waals surface area contributed by atoms with Crippen LogP contribution in [0.1, 0.15) is 15.9 Å². The van der Waals surface area contributed by atoms with Crippen LogP contribution in [0.3, 0.4) is 0 Å². The van der Waals surface area contributed by atoms with E-state index in [-0.39, 0.29) is 5.56 Å². The lowest BCUT2D eigenvalue weighted by Gasteiger charge is -2.12. The summed E-state index contributed by atoms with van der Waals surface area (Å²) in [4.78, 5) is 15.3. The van der Waals surface area contributed by atoms with Gasteiger partial charge in [0.15, 0.2) is 0 Å². The highest BCUT2D eigenvalue weighted by molar-refractivity contribution is 5.94. The number of benzene rings is 1. The number of carboxylic acids is 1. The van der Waals surface area contributed by atoms with Crippen LogP contribution >= 0.6 is 0 Å². The van der Waals surface area contributed by atoms with E-state index in [4.69, 9.17) is 9.84 Å². The number of methoxy groups -OCH3 is 1. The Labute approximate surface area is 117 Å². The fourth-order valence-corrected chi connectivity index (χ4v) is 1.88. The van der Waals surface area contributed by atoms with Crippen molar-refractivity contribution >= 4 is 17.5 Å². The number of rotatable bonds is 6. The number of carbonyl (C=O) groups is 1. The summed E-state index contributed by atoms with van der Waals surface area (Å²) >= 11 is 0. The molecule has 0 fully saturated rings. The Morgan fingerprint density at radius 3 is 2.85 bits per heavy atom. The molecule has 104 valence electrons. The molecule has 1 aromatic heterocycles. The number of hydrogen-bond donors (Lipinski definition) is 2. The van der Waals surface area contributed by atoms with Crippen LogP contribution in [0.4, 0.5) is 11.5 Å². The predicted octanol–water partition coefficient (Wildman–Crippen LogP) is 2.71. The van der Waals surface area contributed by atoms with Crippen LogP contribution in [0, 0.1) is 0 Å². The van der Waals surface area contributed by atoms with E-state index in [0.717, 1.165) is 17.7 Å². The minimum absolute atomic E-state index is 0.147. The monoisotopic (exact) mass is 272 g/mol. The molecular formula is C15H16N2O3. The molecule has 0 bridgehead atoms. The third kappa shape index (κ3) is 3.33. The minimum atomic E-state index is -1.00. The lowest BCUT2D eigenvalue weighted by Crippen LogP contribution is -2.06. The maximum atomic E-state index is 11.2. The van der Waals surface area contributed by atoms with Gasteiger partial charge in [-0.15, -0.1) is 0 Å². The molecule has 20 heavy (non-hydrogen) atoms. The van der Waals surface area contributed by atoms with Gasteiger partial charge in [0.1, 0.15) is 11.4 Å². The van der Waals surface area contributed by atoms with Gasteiger partial charge in [-0.1, -0.05) is 18.2 Å².